The Hall–Kier alpha value is -1.93. The number of aliphatic hydroxyl groups is 1. The van der Waals surface area contributed by atoms with Crippen LogP contribution in [0.4, 0.5) is 11.8 Å². The fraction of sp³-hybridized carbons (Fsp3) is 0.737. The van der Waals surface area contributed by atoms with Crippen LogP contribution in [0.25, 0.3) is 0 Å². The smallest absolute Gasteiger partial charge is 0.254 e. The van der Waals surface area contributed by atoms with Crippen LogP contribution in [0.15, 0.2) is 6.20 Å². The average Bonchev–Trinajstić information content (AvgIpc) is 2.87. The predicted molar refractivity (Wildman–Crippen MR) is 104 cm³/mol. The summed E-state index contributed by atoms with van der Waals surface area (Å²) in [4.78, 5) is 20.6. The number of amides is 1. The molecule has 1 unspecified atom stereocenters. The van der Waals surface area contributed by atoms with Gasteiger partial charge in [0.25, 0.3) is 5.91 Å². The Morgan fingerprint density at radius 1 is 1.15 bits per heavy atom. The van der Waals surface area contributed by atoms with Crippen LogP contribution in [0.3, 0.4) is 0 Å². The second-order valence-corrected chi connectivity index (χ2v) is 7.69. The molecule has 1 aromatic rings. The summed E-state index contributed by atoms with van der Waals surface area (Å²) in [5.74, 6) is 0.389. The first kappa shape index (κ1) is 19.8. The van der Waals surface area contributed by atoms with Gasteiger partial charge in [0.05, 0.1) is 17.8 Å². The summed E-state index contributed by atoms with van der Waals surface area (Å²) in [5, 5.41) is 16.6. The number of aliphatic hydroxyl groups excluding tert-OH is 1. The van der Waals surface area contributed by atoms with Crippen LogP contribution in [0, 0.1) is 0 Å². The normalized spacial score (nSPS) is 29.0. The Morgan fingerprint density at radius 3 is 2.67 bits per heavy atom. The number of carbonyl (C=O) groups is 1. The summed E-state index contributed by atoms with van der Waals surface area (Å²) in [6, 6.07) is 0.365. The first-order chi connectivity index (χ1) is 13.0. The number of carbonyl (C=O) groups excluding carboxylic acids is 1. The number of anilines is 2. The minimum Gasteiger partial charge on any atom is -0.393 e. The molecule has 5 N–H and O–H groups in total. The second-order valence-electron chi connectivity index (χ2n) is 7.69. The molecular weight excluding hydrogens is 346 g/mol. The first-order valence-electron chi connectivity index (χ1n) is 9.96. The zero-order valence-corrected chi connectivity index (χ0v) is 16.0. The van der Waals surface area contributed by atoms with E-state index in [0.29, 0.717) is 24.3 Å². The van der Waals surface area contributed by atoms with Gasteiger partial charge in [0.15, 0.2) is 0 Å². The topological polar surface area (TPSA) is 122 Å². The average molecular weight is 377 g/mol. The zero-order chi connectivity index (χ0) is 19.2. The van der Waals surface area contributed by atoms with Gasteiger partial charge in [-0.2, -0.15) is 4.98 Å². The first-order valence-corrected chi connectivity index (χ1v) is 9.96. The van der Waals surface area contributed by atoms with Crippen LogP contribution in [-0.4, -0.2) is 52.4 Å². The summed E-state index contributed by atoms with van der Waals surface area (Å²) < 4.78 is 5.48. The number of rotatable bonds is 6. The number of nitrogens with one attached hydrogen (secondary N) is 2. The molecule has 150 valence electrons. The SMILES string of the molecule is CO[C@@H]1CCC[C@@H](Nc2ncc(C(N)=O)c(N[C@@H]3CCCC(O)C3)n2)CC1. The van der Waals surface area contributed by atoms with Gasteiger partial charge < -0.3 is 26.2 Å². The minimum absolute atomic E-state index is 0.0786. The molecule has 27 heavy (non-hydrogen) atoms. The third-order valence-corrected chi connectivity index (χ3v) is 5.62. The fourth-order valence-corrected chi connectivity index (χ4v) is 4.06. The van der Waals surface area contributed by atoms with Gasteiger partial charge in [-0.1, -0.05) is 0 Å². The predicted octanol–water partition coefficient (Wildman–Crippen LogP) is 2.05. The fourth-order valence-electron chi connectivity index (χ4n) is 4.06. The van der Waals surface area contributed by atoms with E-state index in [0.717, 1.165) is 51.4 Å². The summed E-state index contributed by atoms with van der Waals surface area (Å²) >= 11 is 0. The van der Waals surface area contributed by atoms with E-state index in [1.54, 1.807) is 7.11 Å². The van der Waals surface area contributed by atoms with Crippen LogP contribution >= 0.6 is 0 Å². The molecule has 0 spiro atoms. The summed E-state index contributed by atoms with van der Waals surface area (Å²) in [6.07, 6.45) is 10.1. The summed E-state index contributed by atoms with van der Waals surface area (Å²) in [6.45, 7) is 0. The number of primary amides is 1. The van der Waals surface area contributed by atoms with Crippen molar-refractivity contribution in [2.24, 2.45) is 5.73 Å². The molecular formula is C19H31N5O3. The number of nitrogens with zero attached hydrogens (tertiary/aromatic N) is 2. The molecule has 1 heterocycles. The number of nitrogens with two attached hydrogens (primary N) is 1. The van der Waals surface area contributed by atoms with Gasteiger partial charge in [0.1, 0.15) is 5.82 Å². The van der Waals surface area contributed by atoms with E-state index in [4.69, 9.17) is 10.5 Å². The zero-order valence-electron chi connectivity index (χ0n) is 16.0. The van der Waals surface area contributed by atoms with Gasteiger partial charge in [-0.05, 0) is 57.8 Å². The van der Waals surface area contributed by atoms with E-state index in [1.165, 1.54) is 6.20 Å². The Balaban J connectivity index is 1.70. The lowest BCUT2D eigenvalue weighted by atomic mass is 9.93. The van der Waals surface area contributed by atoms with Crippen molar-refractivity contribution in [3.05, 3.63) is 11.8 Å². The molecule has 0 aliphatic heterocycles. The highest BCUT2D eigenvalue weighted by molar-refractivity contribution is 5.97. The Morgan fingerprint density at radius 2 is 1.93 bits per heavy atom. The highest BCUT2D eigenvalue weighted by Crippen LogP contribution is 2.25. The molecule has 2 aliphatic rings. The molecule has 0 radical (unpaired) electrons. The van der Waals surface area contributed by atoms with E-state index in [-0.39, 0.29) is 23.8 Å². The molecule has 0 aromatic carbocycles. The molecule has 1 amide bonds. The van der Waals surface area contributed by atoms with Crippen molar-refractivity contribution < 1.29 is 14.6 Å². The molecule has 2 fully saturated rings. The molecule has 0 bridgehead atoms. The van der Waals surface area contributed by atoms with E-state index in [9.17, 15) is 9.90 Å². The molecule has 8 nitrogen and oxygen atoms in total. The summed E-state index contributed by atoms with van der Waals surface area (Å²) in [7, 11) is 1.77. The number of hydrogen-bond donors (Lipinski definition) is 4. The standard InChI is InChI=1S/C19H31N5O3/c1-27-15-7-3-4-12(8-9-15)23-19-21-11-16(17(20)26)18(24-19)22-13-5-2-6-14(25)10-13/h11-15,25H,2-10H2,1H3,(H2,20,26)(H2,21,22,23,24)/t12-,13-,14?,15-/m1/s1. The lowest BCUT2D eigenvalue weighted by Crippen LogP contribution is -2.31. The largest absolute Gasteiger partial charge is 0.393 e. The van der Waals surface area contributed by atoms with Gasteiger partial charge in [0.2, 0.25) is 5.95 Å². The Bertz CT molecular complexity index is 642. The highest BCUT2D eigenvalue weighted by Gasteiger charge is 2.23. The molecule has 8 heteroatoms. The quantitative estimate of drug-likeness (QED) is 0.560. The van der Waals surface area contributed by atoms with Crippen molar-refractivity contribution in [1.82, 2.24) is 9.97 Å². The van der Waals surface area contributed by atoms with Crippen molar-refractivity contribution in [1.29, 1.82) is 0 Å². The van der Waals surface area contributed by atoms with Crippen LogP contribution in [0.2, 0.25) is 0 Å². The molecule has 3 rings (SSSR count). The monoisotopic (exact) mass is 377 g/mol. The van der Waals surface area contributed by atoms with Crippen LogP contribution < -0.4 is 16.4 Å². The number of methoxy groups -OCH3 is 1. The van der Waals surface area contributed by atoms with Crippen molar-refractivity contribution in [2.75, 3.05) is 17.7 Å². The minimum atomic E-state index is -0.558. The van der Waals surface area contributed by atoms with Crippen LogP contribution in [0.1, 0.15) is 68.1 Å². The van der Waals surface area contributed by atoms with Crippen molar-refractivity contribution in [3.8, 4) is 0 Å². The van der Waals surface area contributed by atoms with Crippen molar-refractivity contribution >= 4 is 17.7 Å². The maximum Gasteiger partial charge on any atom is 0.254 e. The van der Waals surface area contributed by atoms with E-state index in [2.05, 4.69) is 20.6 Å². The van der Waals surface area contributed by atoms with Gasteiger partial charge in [-0.15, -0.1) is 0 Å². The van der Waals surface area contributed by atoms with Gasteiger partial charge >= 0.3 is 0 Å². The van der Waals surface area contributed by atoms with Crippen LogP contribution in [-0.2, 0) is 4.74 Å². The summed E-state index contributed by atoms with van der Waals surface area (Å²) in [5.41, 5.74) is 5.77. The maximum absolute atomic E-state index is 11.8. The van der Waals surface area contributed by atoms with Gasteiger partial charge in [-0.25, -0.2) is 4.98 Å². The number of ether oxygens (including phenoxy) is 1. The number of aromatic nitrogens is 2. The molecule has 4 atom stereocenters. The van der Waals surface area contributed by atoms with Crippen molar-refractivity contribution in [2.45, 2.75) is 82.1 Å². The van der Waals surface area contributed by atoms with Gasteiger partial charge in [0, 0.05) is 25.4 Å². The van der Waals surface area contributed by atoms with Gasteiger partial charge in [-0.3, -0.25) is 4.79 Å². The molecule has 1 aromatic heterocycles. The van der Waals surface area contributed by atoms with Crippen LogP contribution in [0.5, 0.6) is 0 Å². The third kappa shape index (κ3) is 5.52. The van der Waals surface area contributed by atoms with E-state index in [1.807, 2.05) is 0 Å². The Labute approximate surface area is 160 Å². The third-order valence-electron chi connectivity index (χ3n) is 5.62. The highest BCUT2D eigenvalue weighted by atomic mass is 16.5. The lowest BCUT2D eigenvalue weighted by Gasteiger charge is -2.27. The van der Waals surface area contributed by atoms with Crippen molar-refractivity contribution in [3.63, 3.8) is 0 Å². The van der Waals surface area contributed by atoms with E-state index >= 15 is 0 Å². The second kappa shape index (κ2) is 9.32. The molecule has 2 saturated carbocycles. The Kier molecular flexibility index (Phi) is 6.84. The molecule has 2 aliphatic carbocycles. The molecule has 0 saturated heterocycles. The lowest BCUT2D eigenvalue weighted by molar-refractivity contribution is 0.0898. The maximum atomic E-state index is 11.8. The van der Waals surface area contributed by atoms with E-state index < -0.39 is 5.91 Å². The number of hydrogen-bond acceptors (Lipinski definition) is 7.